The maximum Gasteiger partial charge on any atom is 0.253 e. The Hall–Kier alpha value is -2.66. The van der Waals surface area contributed by atoms with Crippen molar-refractivity contribution in [3.8, 4) is 0 Å². The van der Waals surface area contributed by atoms with Crippen molar-refractivity contribution in [2.75, 3.05) is 25.5 Å². The summed E-state index contributed by atoms with van der Waals surface area (Å²) in [6.45, 7) is 9.47. The van der Waals surface area contributed by atoms with Gasteiger partial charge in [-0.1, -0.05) is 23.8 Å². The molecule has 1 N–H and O–H groups in total. The van der Waals surface area contributed by atoms with E-state index in [2.05, 4.69) is 24.4 Å². The average Bonchev–Trinajstić information content (AvgIpc) is 2.72. The molecule has 2 aromatic carbocycles. The first kappa shape index (κ1) is 22.0. The monoisotopic (exact) mass is 408 g/mol. The normalized spacial score (nSPS) is 14.6. The zero-order valence-corrected chi connectivity index (χ0v) is 18.7. The van der Waals surface area contributed by atoms with Crippen molar-refractivity contribution in [1.82, 2.24) is 4.90 Å². The van der Waals surface area contributed by atoms with Crippen LogP contribution >= 0.6 is 0 Å². The number of amides is 2. The largest absolute Gasteiger partial charge is 0.381 e. The minimum absolute atomic E-state index is 0.00488. The molecule has 1 saturated heterocycles. The number of nitrogens with zero attached hydrogens (tertiary/aromatic N) is 1. The average molecular weight is 409 g/mol. The Morgan fingerprint density at radius 3 is 2.23 bits per heavy atom. The Balaban J connectivity index is 1.71. The lowest BCUT2D eigenvalue weighted by molar-refractivity contribution is -0.115. The van der Waals surface area contributed by atoms with Gasteiger partial charge in [0.1, 0.15) is 0 Å². The molecule has 0 radical (unpaired) electrons. The molecule has 2 amide bonds. The maximum absolute atomic E-state index is 12.9. The third-order valence-electron chi connectivity index (χ3n) is 6.00. The standard InChI is InChI=1S/C25H32N2O3/c1-16-12-18(3)22(19(4)13-16)15-24(28)26-23-14-20(7-6-17(23)2)25(29)27-10-8-21(30-5)9-11-27/h6-7,12-14,21H,8-11,15H2,1-5H3,(H,26,28). The zero-order valence-electron chi connectivity index (χ0n) is 18.7. The van der Waals surface area contributed by atoms with Crippen molar-refractivity contribution >= 4 is 17.5 Å². The molecule has 5 nitrogen and oxygen atoms in total. The van der Waals surface area contributed by atoms with Gasteiger partial charge in [0.15, 0.2) is 0 Å². The fraction of sp³-hybridized carbons (Fsp3) is 0.440. The minimum atomic E-state index is -0.0707. The van der Waals surface area contributed by atoms with Gasteiger partial charge in [-0.15, -0.1) is 0 Å². The number of benzene rings is 2. The lowest BCUT2D eigenvalue weighted by Crippen LogP contribution is -2.40. The highest BCUT2D eigenvalue weighted by Crippen LogP contribution is 2.22. The Morgan fingerprint density at radius 2 is 1.63 bits per heavy atom. The number of hydrogen-bond acceptors (Lipinski definition) is 3. The van der Waals surface area contributed by atoms with Gasteiger partial charge in [-0.05, 0) is 74.9 Å². The van der Waals surface area contributed by atoms with Crippen LogP contribution in [-0.2, 0) is 16.0 Å². The van der Waals surface area contributed by atoms with E-state index in [1.807, 2.05) is 37.8 Å². The molecule has 0 unspecified atom stereocenters. The van der Waals surface area contributed by atoms with Gasteiger partial charge in [0, 0.05) is 31.5 Å². The van der Waals surface area contributed by atoms with Crippen LogP contribution in [0.15, 0.2) is 30.3 Å². The fourth-order valence-electron chi connectivity index (χ4n) is 4.21. The molecular weight excluding hydrogens is 376 g/mol. The molecule has 5 heteroatoms. The lowest BCUT2D eigenvalue weighted by atomic mass is 9.97. The highest BCUT2D eigenvalue weighted by molar-refractivity contribution is 5.98. The molecule has 0 saturated carbocycles. The molecule has 2 aromatic rings. The van der Waals surface area contributed by atoms with Crippen LogP contribution in [0.25, 0.3) is 0 Å². The number of carbonyl (C=O) groups excluding carboxylic acids is 2. The van der Waals surface area contributed by atoms with E-state index >= 15 is 0 Å². The molecule has 0 aromatic heterocycles. The lowest BCUT2D eigenvalue weighted by Gasteiger charge is -2.31. The number of likely N-dealkylation sites (tertiary alicyclic amines) is 1. The van der Waals surface area contributed by atoms with Crippen molar-refractivity contribution in [2.45, 2.75) is 53.1 Å². The molecule has 1 aliphatic rings. The van der Waals surface area contributed by atoms with Gasteiger partial charge in [-0.2, -0.15) is 0 Å². The second-order valence-electron chi connectivity index (χ2n) is 8.36. The zero-order chi connectivity index (χ0) is 21.8. The van der Waals surface area contributed by atoms with Crippen LogP contribution in [0, 0.1) is 27.7 Å². The summed E-state index contributed by atoms with van der Waals surface area (Å²) in [6.07, 6.45) is 2.26. The number of rotatable bonds is 5. The summed E-state index contributed by atoms with van der Waals surface area (Å²) >= 11 is 0. The van der Waals surface area contributed by atoms with Gasteiger partial charge in [-0.25, -0.2) is 0 Å². The number of ether oxygens (including phenoxy) is 1. The van der Waals surface area contributed by atoms with E-state index in [9.17, 15) is 9.59 Å². The van der Waals surface area contributed by atoms with E-state index in [1.165, 1.54) is 5.56 Å². The number of carbonyl (C=O) groups is 2. The van der Waals surface area contributed by atoms with Crippen molar-refractivity contribution < 1.29 is 14.3 Å². The highest BCUT2D eigenvalue weighted by Gasteiger charge is 2.24. The second kappa shape index (κ2) is 9.43. The highest BCUT2D eigenvalue weighted by atomic mass is 16.5. The summed E-state index contributed by atoms with van der Waals surface area (Å²) in [4.78, 5) is 27.5. The Kier molecular flexibility index (Phi) is 6.93. The molecule has 0 aliphatic carbocycles. The molecule has 160 valence electrons. The minimum Gasteiger partial charge on any atom is -0.381 e. The summed E-state index contributed by atoms with van der Waals surface area (Å²) in [5.74, 6) is -0.0658. The predicted molar refractivity (Wildman–Crippen MR) is 120 cm³/mol. The third-order valence-corrected chi connectivity index (χ3v) is 6.00. The topological polar surface area (TPSA) is 58.6 Å². The van der Waals surface area contributed by atoms with Crippen LogP contribution in [0.2, 0.25) is 0 Å². The molecule has 1 fully saturated rings. The van der Waals surface area contributed by atoms with Crippen LogP contribution in [0.5, 0.6) is 0 Å². The number of nitrogens with one attached hydrogen (secondary N) is 1. The smallest absolute Gasteiger partial charge is 0.253 e. The summed E-state index contributed by atoms with van der Waals surface area (Å²) in [6, 6.07) is 9.74. The summed E-state index contributed by atoms with van der Waals surface area (Å²) in [7, 11) is 1.72. The predicted octanol–water partition coefficient (Wildman–Crippen LogP) is 4.35. The molecule has 1 aliphatic heterocycles. The Bertz CT molecular complexity index is 920. The van der Waals surface area contributed by atoms with E-state index in [0.29, 0.717) is 30.8 Å². The molecule has 30 heavy (non-hydrogen) atoms. The van der Waals surface area contributed by atoms with Crippen molar-refractivity contribution in [3.63, 3.8) is 0 Å². The first-order valence-electron chi connectivity index (χ1n) is 10.6. The van der Waals surface area contributed by atoms with E-state index in [-0.39, 0.29) is 17.9 Å². The van der Waals surface area contributed by atoms with E-state index in [1.54, 1.807) is 13.2 Å². The molecular formula is C25H32N2O3. The third kappa shape index (κ3) is 5.08. The van der Waals surface area contributed by atoms with Crippen LogP contribution in [0.3, 0.4) is 0 Å². The van der Waals surface area contributed by atoms with Crippen LogP contribution < -0.4 is 5.32 Å². The summed E-state index contributed by atoms with van der Waals surface area (Å²) in [5.41, 5.74) is 6.75. The van der Waals surface area contributed by atoms with Crippen molar-refractivity contribution in [3.05, 3.63) is 63.7 Å². The number of aryl methyl sites for hydroxylation is 4. The van der Waals surface area contributed by atoms with E-state index in [0.717, 1.165) is 35.1 Å². The van der Waals surface area contributed by atoms with Gasteiger partial charge in [0.05, 0.1) is 12.5 Å². The SMILES string of the molecule is COC1CCN(C(=O)c2ccc(C)c(NC(=O)Cc3c(C)cc(C)cc3C)c2)CC1. The summed E-state index contributed by atoms with van der Waals surface area (Å²) in [5, 5.41) is 3.01. The van der Waals surface area contributed by atoms with Crippen molar-refractivity contribution in [1.29, 1.82) is 0 Å². The van der Waals surface area contributed by atoms with Gasteiger partial charge < -0.3 is 15.0 Å². The number of piperidine rings is 1. The number of hydrogen-bond donors (Lipinski definition) is 1. The van der Waals surface area contributed by atoms with Gasteiger partial charge >= 0.3 is 0 Å². The first-order valence-corrected chi connectivity index (χ1v) is 10.6. The Labute approximate surface area is 179 Å². The molecule has 0 atom stereocenters. The van der Waals surface area contributed by atoms with Crippen molar-refractivity contribution in [2.24, 2.45) is 0 Å². The summed E-state index contributed by atoms with van der Waals surface area (Å²) < 4.78 is 5.39. The molecule has 3 rings (SSSR count). The number of methoxy groups -OCH3 is 1. The first-order chi connectivity index (χ1) is 14.3. The Morgan fingerprint density at radius 1 is 1.00 bits per heavy atom. The van der Waals surface area contributed by atoms with Crippen LogP contribution in [-0.4, -0.2) is 43.0 Å². The van der Waals surface area contributed by atoms with Crippen LogP contribution in [0.4, 0.5) is 5.69 Å². The van der Waals surface area contributed by atoms with E-state index in [4.69, 9.17) is 4.74 Å². The second-order valence-corrected chi connectivity index (χ2v) is 8.36. The van der Waals surface area contributed by atoms with Gasteiger partial charge in [-0.3, -0.25) is 9.59 Å². The molecule has 0 bridgehead atoms. The van der Waals surface area contributed by atoms with Gasteiger partial charge in [0.2, 0.25) is 5.91 Å². The molecule has 0 spiro atoms. The van der Waals surface area contributed by atoms with Crippen LogP contribution in [0.1, 0.15) is 51.0 Å². The maximum atomic E-state index is 12.9. The fourth-order valence-corrected chi connectivity index (χ4v) is 4.21. The van der Waals surface area contributed by atoms with E-state index < -0.39 is 0 Å². The molecule has 1 heterocycles. The number of anilines is 1. The van der Waals surface area contributed by atoms with Gasteiger partial charge in [0.25, 0.3) is 5.91 Å². The quantitative estimate of drug-likeness (QED) is 0.800.